The molecule has 1 aliphatic carbocycles. The molecule has 1 heterocycles. The zero-order chi connectivity index (χ0) is 18.5. The molecule has 1 aliphatic rings. The molecule has 0 saturated heterocycles. The minimum atomic E-state index is -0.0266. The van der Waals surface area contributed by atoms with Crippen molar-refractivity contribution in [3.8, 4) is 0 Å². The molecule has 0 unspecified atom stereocenters. The van der Waals surface area contributed by atoms with Crippen LogP contribution >= 0.6 is 11.8 Å². The Morgan fingerprint density at radius 3 is 2.85 bits per heavy atom. The molecule has 0 radical (unpaired) electrons. The maximum atomic E-state index is 12.8. The van der Waals surface area contributed by atoms with Crippen molar-refractivity contribution in [3.63, 3.8) is 0 Å². The third-order valence-corrected chi connectivity index (χ3v) is 6.04. The van der Waals surface area contributed by atoms with Crippen molar-refractivity contribution in [1.82, 2.24) is 14.9 Å². The van der Waals surface area contributed by atoms with Crippen LogP contribution < -0.4 is 10.9 Å². The Balaban J connectivity index is 1.74. The summed E-state index contributed by atoms with van der Waals surface area (Å²) in [5, 5.41) is 4.42. The lowest BCUT2D eigenvalue weighted by Crippen LogP contribution is -2.41. The van der Waals surface area contributed by atoms with Gasteiger partial charge in [0.2, 0.25) is 5.91 Å². The van der Waals surface area contributed by atoms with Crippen LogP contribution in [0.4, 0.5) is 0 Å². The van der Waals surface area contributed by atoms with E-state index in [-0.39, 0.29) is 23.3 Å². The van der Waals surface area contributed by atoms with Crippen molar-refractivity contribution in [2.45, 2.75) is 63.7 Å². The molecule has 0 spiro atoms. The van der Waals surface area contributed by atoms with E-state index in [1.165, 1.54) is 31.0 Å². The van der Waals surface area contributed by atoms with Gasteiger partial charge in [0.25, 0.3) is 5.56 Å². The highest BCUT2D eigenvalue weighted by Gasteiger charge is 2.23. The summed E-state index contributed by atoms with van der Waals surface area (Å²) in [6.45, 7) is 4.86. The first-order valence-corrected chi connectivity index (χ1v) is 10.5. The van der Waals surface area contributed by atoms with Crippen molar-refractivity contribution < 1.29 is 4.79 Å². The average Bonchev–Trinajstić information content (AvgIpc) is 2.64. The second kappa shape index (κ2) is 8.71. The molecule has 1 fully saturated rings. The lowest BCUT2D eigenvalue weighted by Gasteiger charge is -2.29. The molecular formula is C20H27N3O2S. The van der Waals surface area contributed by atoms with Gasteiger partial charge in [-0.1, -0.05) is 50.6 Å². The Morgan fingerprint density at radius 1 is 1.31 bits per heavy atom. The smallest absolute Gasteiger partial charge is 0.262 e. The lowest BCUT2D eigenvalue weighted by molar-refractivity contribution is -0.119. The number of hydrogen-bond donors (Lipinski definition) is 1. The Bertz CT molecular complexity index is 833. The molecule has 1 aromatic carbocycles. The fraction of sp³-hybridized carbons (Fsp3) is 0.550. The van der Waals surface area contributed by atoms with E-state index in [2.05, 4.69) is 17.2 Å². The number of rotatable bonds is 6. The molecule has 1 amide bonds. The van der Waals surface area contributed by atoms with E-state index < -0.39 is 0 Å². The lowest BCUT2D eigenvalue weighted by atomic mass is 9.86. The highest BCUT2D eigenvalue weighted by molar-refractivity contribution is 7.99. The van der Waals surface area contributed by atoms with Crippen molar-refractivity contribution in [3.05, 3.63) is 34.6 Å². The van der Waals surface area contributed by atoms with E-state index in [0.29, 0.717) is 28.5 Å². The van der Waals surface area contributed by atoms with Gasteiger partial charge in [-0.2, -0.15) is 0 Å². The number of carbonyl (C=O) groups is 1. The molecule has 3 rings (SSSR count). The van der Waals surface area contributed by atoms with Crippen LogP contribution in [-0.2, 0) is 11.3 Å². The van der Waals surface area contributed by atoms with Crippen molar-refractivity contribution in [1.29, 1.82) is 0 Å². The molecule has 1 aromatic heterocycles. The van der Waals surface area contributed by atoms with E-state index in [1.807, 2.05) is 31.2 Å². The minimum Gasteiger partial charge on any atom is -0.352 e. The number of aromatic nitrogens is 2. The van der Waals surface area contributed by atoms with Gasteiger partial charge in [0.05, 0.1) is 16.7 Å². The molecular weight excluding hydrogens is 346 g/mol. The molecule has 1 N–H and O–H groups in total. The fourth-order valence-corrected chi connectivity index (χ4v) is 4.42. The van der Waals surface area contributed by atoms with Gasteiger partial charge < -0.3 is 5.32 Å². The number of hydrogen-bond acceptors (Lipinski definition) is 4. The highest BCUT2D eigenvalue weighted by atomic mass is 32.2. The van der Waals surface area contributed by atoms with Crippen LogP contribution in [0.5, 0.6) is 0 Å². The molecule has 6 heteroatoms. The van der Waals surface area contributed by atoms with Gasteiger partial charge in [-0.15, -0.1) is 0 Å². The zero-order valence-electron chi connectivity index (χ0n) is 15.5. The fourth-order valence-electron chi connectivity index (χ4n) is 3.59. The molecule has 5 nitrogen and oxygen atoms in total. The number of para-hydroxylation sites is 1. The SMILES string of the molecule is CCCn1c(SCC(=O)N[C@H]2CCCC[C@H]2C)nc2ccccc2c1=O. The number of amides is 1. The Hall–Kier alpha value is -1.82. The summed E-state index contributed by atoms with van der Waals surface area (Å²) < 4.78 is 1.70. The molecule has 1 saturated carbocycles. The predicted octanol–water partition coefficient (Wildman–Crippen LogP) is 3.59. The number of nitrogens with zero attached hydrogens (tertiary/aromatic N) is 2. The summed E-state index contributed by atoms with van der Waals surface area (Å²) in [4.78, 5) is 29.8. The monoisotopic (exact) mass is 373 g/mol. The van der Waals surface area contributed by atoms with E-state index >= 15 is 0 Å². The van der Waals surface area contributed by atoms with Gasteiger partial charge in [0, 0.05) is 12.6 Å². The quantitative estimate of drug-likeness (QED) is 0.621. The van der Waals surface area contributed by atoms with E-state index in [1.54, 1.807) is 4.57 Å². The minimum absolute atomic E-state index is 0.0266. The van der Waals surface area contributed by atoms with Crippen molar-refractivity contribution in [2.75, 3.05) is 5.75 Å². The van der Waals surface area contributed by atoms with Gasteiger partial charge in [-0.05, 0) is 37.3 Å². The van der Waals surface area contributed by atoms with Crippen LogP contribution in [0.3, 0.4) is 0 Å². The maximum absolute atomic E-state index is 12.8. The van der Waals surface area contributed by atoms with Crippen LogP contribution in [0.25, 0.3) is 10.9 Å². The third-order valence-electron chi connectivity index (χ3n) is 5.06. The van der Waals surface area contributed by atoms with Crippen LogP contribution in [0.15, 0.2) is 34.2 Å². The number of thioether (sulfide) groups is 1. The average molecular weight is 374 g/mol. The van der Waals surface area contributed by atoms with Crippen LogP contribution in [0.2, 0.25) is 0 Å². The first-order valence-electron chi connectivity index (χ1n) is 9.52. The standard InChI is InChI=1S/C20H27N3O2S/c1-3-12-23-19(25)15-9-5-7-11-17(15)22-20(23)26-13-18(24)21-16-10-6-4-8-14(16)2/h5,7,9,11,14,16H,3-4,6,8,10,12-13H2,1-2H3,(H,21,24)/t14-,16+/m1/s1. The second-order valence-electron chi connectivity index (χ2n) is 7.09. The first-order chi connectivity index (χ1) is 12.6. The Kier molecular flexibility index (Phi) is 6.35. The summed E-state index contributed by atoms with van der Waals surface area (Å²) in [7, 11) is 0. The summed E-state index contributed by atoms with van der Waals surface area (Å²) in [6.07, 6.45) is 5.53. The normalized spacial score (nSPS) is 20.2. The van der Waals surface area contributed by atoms with Gasteiger partial charge in [-0.25, -0.2) is 4.98 Å². The summed E-state index contributed by atoms with van der Waals surface area (Å²) >= 11 is 1.35. The summed E-state index contributed by atoms with van der Waals surface area (Å²) in [6, 6.07) is 7.67. The third kappa shape index (κ3) is 4.29. The summed E-state index contributed by atoms with van der Waals surface area (Å²) in [5.41, 5.74) is 0.662. The molecule has 2 aromatic rings. The maximum Gasteiger partial charge on any atom is 0.262 e. The van der Waals surface area contributed by atoms with Gasteiger partial charge in [0.1, 0.15) is 0 Å². The molecule has 0 aliphatic heterocycles. The van der Waals surface area contributed by atoms with E-state index in [9.17, 15) is 9.59 Å². The summed E-state index contributed by atoms with van der Waals surface area (Å²) in [5.74, 6) is 0.853. The predicted molar refractivity (Wildman–Crippen MR) is 107 cm³/mol. The molecule has 26 heavy (non-hydrogen) atoms. The van der Waals surface area contributed by atoms with Gasteiger partial charge in [0.15, 0.2) is 5.16 Å². The van der Waals surface area contributed by atoms with Crippen LogP contribution in [-0.4, -0.2) is 27.3 Å². The topological polar surface area (TPSA) is 64.0 Å². The number of nitrogens with one attached hydrogen (secondary N) is 1. The van der Waals surface area contributed by atoms with Crippen molar-refractivity contribution in [2.24, 2.45) is 5.92 Å². The largest absolute Gasteiger partial charge is 0.352 e. The van der Waals surface area contributed by atoms with Crippen molar-refractivity contribution >= 4 is 28.6 Å². The van der Waals surface area contributed by atoms with Crippen LogP contribution in [0.1, 0.15) is 46.0 Å². The van der Waals surface area contributed by atoms with E-state index in [4.69, 9.17) is 0 Å². The number of benzene rings is 1. The Morgan fingerprint density at radius 2 is 2.08 bits per heavy atom. The molecule has 0 bridgehead atoms. The highest BCUT2D eigenvalue weighted by Crippen LogP contribution is 2.24. The number of carbonyl (C=O) groups excluding carboxylic acids is 1. The van der Waals surface area contributed by atoms with E-state index in [0.717, 1.165) is 12.8 Å². The first kappa shape index (κ1) is 19.0. The zero-order valence-corrected chi connectivity index (χ0v) is 16.3. The van der Waals surface area contributed by atoms with Gasteiger partial charge >= 0.3 is 0 Å². The molecule has 2 atom stereocenters. The second-order valence-corrected chi connectivity index (χ2v) is 8.04. The van der Waals surface area contributed by atoms with Crippen LogP contribution in [0, 0.1) is 5.92 Å². The molecule has 140 valence electrons. The Labute approximate surface area is 158 Å². The number of fused-ring (bicyclic) bond motifs is 1. The van der Waals surface area contributed by atoms with Gasteiger partial charge in [-0.3, -0.25) is 14.2 Å².